The molecule has 22 heavy (non-hydrogen) atoms. The smallest absolute Gasteiger partial charge is 0.314 e. The van der Waals surface area contributed by atoms with Crippen LogP contribution >= 0.6 is 11.8 Å². The van der Waals surface area contributed by atoms with E-state index in [1.807, 2.05) is 6.92 Å². The summed E-state index contributed by atoms with van der Waals surface area (Å²) in [6, 6.07) is 0.483. The Kier molecular flexibility index (Phi) is 7.02. The third kappa shape index (κ3) is 4.63. The van der Waals surface area contributed by atoms with Gasteiger partial charge < -0.3 is 15.2 Å². The summed E-state index contributed by atoms with van der Waals surface area (Å²) in [6.45, 7) is 3.43. The number of nitrogens with one attached hydrogen (secondary N) is 2. The molecule has 7 heteroatoms. The fourth-order valence-corrected chi connectivity index (χ4v) is 3.47. The Hall–Kier alpha value is -1.24. The average Bonchev–Trinajstić information content (AvgIpc) is 3.17. The van der Waals surface area contributed by atoms with E-state index in [0.29, 0.717) is 12.6 Å². The zero-order valence-electron chi connectivity index (χ0n) is 13.6. The minimum Gasteiger partial charge on any atom is -0.338 e. The lowest BCUT2D eigenvalue weighted by Crippen LogP contribution is -2.36. The van der Waals surface area contributed by atoms with Crippen LogP contribution in [0.5, 0.6) is 0 Å². The van der Waals surface area contributed by atoms with Crippen LogP contribution in [0.2, 0.25) is 0 Å². The first kappa shape index (κ1) is 17.1. The third-order valence-electron chi connectivity index (χ3n) is 4.01. The van der Waals surface area contributed by atoms with Crippen LogP contribution in [0.4, 0.5) is 4.79 Å². The highest BCUT2D eigenvalue weighted by Crippen LogP contribution is 2.33. The Morgan fingerprint density at radius 3 is 2.68 bits per heavy atom. The lowest BCUT2D eigenvalue weighted by atomic mass is 10.2. The van der Waals surface area contributed by atoms with Crippen molar-refractivity contribution in [1.29, 1.82) is 0 Å². The van der Waals surface area contributed by atoms with Crippen LogP contribution < -0.4 is 10.6 Å². The molecule has 0 radical (unpaired) electrons. The normalized spacial score (nSPS) is 15.2. The number of nitrogens with zero attached hydrogens (tertiary/aromatic N) is 3. The molecule has 0 unspecified atom stereocenters. The Morgan fingerprint density at radius 1 is 1.27 bits per heavy atom. The zero-order chi connectivity index (χ0) is 15.8. The maximum atomic E-state index is 11.5. The Bertz CT molecular complexity index is 470. The van der Waals surface area contributed by atoms with Crippen molar-refractivity contribution in [2.24, 2.45) is 0 Å². The summed E-state index contributed by atoms with van der Waals surface area (Å²) >= 11 is 1.67. The summed E-state index contributed by atoms with van der Waals surface area (Å²) < 4.78 is 2.33. The highest BCUT2D eigenvalue weighted by molar-refractivity contribution is 7.98. The molecule has 1 aromatic rings. The van der Waals surface area contributed by atoms with Gasteiger partial charge in [-0.25, -0.2) is 4.79 Å². The van der Waals surface area contributed by atoms with Crippen LogP contribution in [0, 0.1) is 0 Å². The van der Waals surface area contributed by atoms with E-state index in [0.717, 1.165) is 36.8 Å². The maximum absolute atomic E-state index is 11.5. The van der Waals surface area contributed by atoms with E-state index in [2.05, 4.69) is 31.7 Å². The molecule has 1 saturated carbocycles. The van der Waals surface area contributed by atoms with Gasteiger partial charge in [-0.05, 0) is 31.9 Å². The molecular formula is C15H27N5OS. The van der Waals surface area contributed by atoms with Gasteiger partial charge in [0, 0.05) is 25.6 Å². The number of aryl methyl sites for hydroxylation is 1. The largest absolute Gasteiger partial charge is 0.338 e. The number of hydrogen-bond donors (Lipinski definition) is 2. The van der Waals surface area contributed by atoms with Crippen LogP contribution in [0.1, 0.15) is 57.3 Å². The predicted octanol–water partition coefficient (Wildman–Crippen LogP) is 2.76. The SMILES string of the molecule is CCCNC(=O)NCCCc1nnc(SC)n1C1CCCC1. The van der Waals surface area contributed by atoms with Crippen molar-refractivity contribution in [2.75, 3.05) is 19.3 Å². The first-order chi connectivity index (χ1) is 10.8. The van der Waals surface area contributed by atoms with Crippen molar-refractivity contribution in [3.05, 3.63) is 5.82 Å². The van der Waals surface area contributed by atoms with E-state index >= 15 is 0 Å². The summed E-state index contributed by atoms with van der Waals surface area (Å²) in [4.78, 5) is 11.5. The monoisotopic (exact) mass is 325 g/mol. The lowest BCUT2D eigenvalue weighted by molar-refractivity contribution is 0.240. The second-order valence-corrected chi connectivity index (χ2v) is 6.47. The molecule has 1 aliphatic rings. The van der Waals surface area contributed by atoms with E-state index in [4.69, 9.17) is 0 Å². The number of hydrogen-bond acceptors (Lipinski definition) is 4. The molecule has 0 bridgehead atoms. The summed E-state index contributed by atoms with van der Waals surface area (Å²) in [6.07, 6.45) is 9.82. The van der Waals surface area contributed by atoms with Crippen LogP contribution in [0.25, 0.3) is 0 Å². The summed E-state index contributed by atoms with van der Waals surface area (Å²) in [5.74, 6) is 1.06. The highest BCUT2D eigenvalue weighted by atomic mass is 32.2. The van der Waals surface area contributed by atoms with E-state index in [-0.39, 0.29) is 6.03 Å². The predicted molar refractivity (Wildman–Crippen MR) is 89.3 cm³/mol. The average molecular weight is 325 g/mol. The number of thioether (sulfide) groups is 1. The first-order valence-corrected chi connectivity index (χ1v) is 9.48. The maximum Gasteiger partial charge on any atom is 0.314 e. The van der Waals surface area contributed by atoms with Crippen molar-refractivity contribution in [1.82, 2.24) is 25.4 Å². The van der Waals surface area contributed by atoms with Gasteiger partial charge in [0.05, 0.1) is 0 Å². The molecule has 0 aliphatic heterocycles. The molecule has 0 saturated heterocycles. The number of carbonyl (C=O) groups is 1. The van der Waals surface area contributed by atoms with Gasteiger partial charge in [0.15, 0.2) is 5.16 Å². The molecule has 2 N–H and O–H groups in total. The zero-order valence-corrected chi connectivity index (χ0v) is 14.4. The molecule has 1 aromatic heterocycles. The summed E-state index contributed by atoms with van der Waals surface area (Å²) in [7, 11) is 0. The fraction of sp³-hybridized carbons (Fsp3) is 0.800. The minimum atomic E-state index is -0.0797. The van der Waals surface area contributed by atoms with Crippen LogP contribution in [0.3, 0.4) is 0 Å². The van der Waals surface area contributed by atoms with Crippen molar-refractivity contribution in [3.63, 3.8) is 0 Å². The van der Waals surface area contributed by atoms with Gasteiger partial charge in [0.25, 0.3) is 0 Å². The van der Waals surface area contributed by atoms with Crippen LogP contribution in [-0.4, -0.2) is 40.1 Å². The molecule has 0 spiro atoms. The lowest BCUT2D eigenvalue weighted by Gasteiger charge is -2.16. The topological polar surface area (TPSA) is 71.8 Å². The van der Waals surface area contributed by atoms with Gasteiger partial charge in [0.1, 0.15) is 5.82 Å². The Balaban J connectivity index is 1.82. The van der Waals surface area contributed by atoms with Crippen LogP contribution in [0.15, 0.2) is 5.16 Å². The molecule has 2 rings (SSSR count). The molecule has 1 aliphatic carbocycles. The minimum absolute atomic E-state index is 0.0797. The van der Waals surface area contributed by atoms with E-state index in [9.17, 15) is 4.79 Å². The molecule has 2 amide bonds. The quantitative estimate of drug-likeness (QED) is 0.569. The molecule has 0 aromatic carbocycles. The van der Waals surface area contributed by atoms with Crippen molar-refractivity contribution >= 4 is 17.8 Å². The standard InChI is InChI=1S/C15H27N5OS/c1-3-10-16-14(21)17-11-6-9-13-18-19-15(22-2)20(13)12-7-4-5-8-12/h12H,3-11H2,1-2H3,(H2,16,17,21). The highest BCUT2D eigenvalue weighted by Gasteiger charge is 2.23. The van der Waals surface area contributed by atoms with E-state index in [1.165, 1.54) is 25.7 Å². The van der Waals surface area contributed by atoms with E-state index in [1.54, 1.807) is 11.8 Å². The summed E-state index contributed by atoms with van der Waals surface area (Å²) in [5.41, 5.74) is 0. The summed E-state index contributed by atoms with van der Waals surface area (Å²) in [5, 5.41) is 15.4. The van der Waals surface area contributed by atoms with Gasteiger partial charge in [-0.1, -0.05) is 31.5 Å². The Morgan fingerprint density at radius 2 is 2.00 bits per heavy atom. The number of urea groups is 1. The van der Waals surface area contributed by atoms with Crippen molar-refractivity contribution in [3.8, 4) is 0 Å². The first-order valence-electron chi connectivity index (χ1n) is 8.25. The second kappa shape index (κ2) is 9.02. The molecule has 1 heterocycles. The molecule has 124 valence electrons. The van der Waals surface area contributed by atoms with E-state index < -0.39 is 0 Å². The number of aromatic nitrogens is 3. The Labute approximate surface area is 136 Å². The van der Waals surface area contributed by atoms with Crippen LogP contribution in [-0.2, 0) is 6.42 Å². The number of carbonyl (C=O) groups excluding carboxylic acids is 1. The van der Waals surface area contributed by atoms with Crippen molar-refractivity contribution < 1.29 is 4.79 Å². The molecule has 1 fully saturated rings. The van der Waals surface area contributed by atoms with Gasteiger partial charge in [0.2, 0.25) is 0 Å². The fourth-order valence-electron chi connectivity index (χ4n) is 2.90. The van der Waals surface area contributed by atoms with Crippen molar-refractivity contribution in [2.45, 2.75) is 63.1 Å². The molecule has 6 nitrogen and oxygen atoms in total. The number of rotatable bonds is 8. The van der Waals surface area contributed by atoms with Gasteiger partial charge >= 0.3 is 6.03 Å². The van der Waals surface area contributed by atoms with Gasteiger partial charge in [-0.15, -0.1) is 10.2 Å². The third-order valence-corrected chi connectivity index (χ3v) is 4.65. The molecular weight excluding hydrogens is 298 g/mol. The second-order valence-electron chi connectivity index (χ2n) is 5.70. The molecule has 0 atom stereocenters. The van der Waals surface area contributed by atoms with Gasteiger partial charge in [-0.2, -0.15) is 0 Å². The van der Waals surface area contributed by atoms with Gasteiger partial charge in [-0.3, -0.25) is 0 Å². The number of amides is 2.